The van der Waals surface area contributed by atoms with Crippen molar-refractivity contribution >= 4 is 17.7 Å². The van der Waals surface area contributed by atoms with Gasteiger partial charge in [0, 0.05) is 31.0 Å². The molecule has 0 radical (unpaired) electrons. The number of hydrogen-bond donors (Lipinski definition) is 0. The van der Waals surface area contributed by atoms with Crippen molar-refractivity contribution in [2.45, 2.75) is 51.1 Å². The quantitative estimate of drug-likeness (QED) is 0.714. The zero-order valence-electron chi connectivity index (χ0n) is 17.5. The summed E-state index contributed by atoms with van der Waals surface area (Å²) in [6.45, 7) is 3.18. The number of hydrogen-bond acceptors (Lipinski definition) is 5. The Balaban J connectivity index is 1.26. The molecule has 0 atom stereocenters. The predicted molar refractivity (Wildman–Crippen MR) is 114 cm³/mol. The zero-order valence-corrected chi connectivity index (χ0v) is 17.5. The number of carbonyl (C=O) groups is 3. The van der Waals surface area contributed by atoms with Crippen LogP contribution in [0.5, 0.6) is 0 Å². The van der Waals surface area contributed by atoms with Crippen LogP contribution in [0.25, 0.3) is 0 Å². The number of aromatic nitrogens is 1. The van der Waals surface area contributed by atoms with Crippen LogP contribution in [0.4, 0.5) is 0 Å². The molecule has 1 aromatic carbocycles. The van der Waals surface area contributed by atoms with Crippen LogP contribution >= 0.6 is 0 Å². The first-order chi connectivity index (χ1) is 15.1. The van der Waals surface area contributed by atoms with Gasteiger partial charge < -0.3 is 0 Å². The smallest absolute Gasteiger partial charge is 0.275 e. The van der Waals surface area contributed by atoms with Gasteiger partial charge in [-0.15, -0.1) is 0 Å². The molecule has 0 N–H and O–H groups in total. The van der Waals surface area contributed by atoms with Crippen molar-refractivity contribution in [3.63, 3.8) is 0 Å². The average molecular weight is 418 g/mol. The first-order valence-corrected chi connectivity index (χ1v) is 11.0. The Hall–Kier alpha value is -3.06. The summed E-state index contributed by atoms with van der Waals surface area (Å²) in [5, 5.41) is 2.31. The minimum atomic E-state index is -0.310. The van der Waals surface area contributed by atoms with Crippen molar-refractivity contribution in [2.24, 2.45) is 0 Å². The van der Waals surface area contributed by atoms with Gasteiger partial charge in [-0.05, 0) is 50.0 Å². The zero-order chi connectivity index (χ0) is 21.4. The van der Waals surface area contributed by atoms with E-state index in [0.717, 1.165) is 43.2 Å². The van der Waals surface area contributed by atoms with Crippen molar-refractivity contribution in [2.75, 3.05) is 13.1 Å². The second-order valence-electron chi connectivity index (χ2n) is 8.58. The number of carbonyl (C=O) groups excluding carboxylic acids is 3. The van der Waals surface area contributed by atoms with Gasteiger partial charge in [0.1, 0.15) is 0 Å². The van der Waals surface area contributed by atoms with E-state index in [2.05, 4.69) is 29.2 Å². The summed E-state index contributed by atoms with van der Waals surface area (Å²) in [5.41, 5.74) is 3.50. The fraction of sp³-hybridized carbons (Fsp3) is 0.417. The van der Waals surface area contributed by atoms with Crippen molar-refractivity contribution in [1.82, 2.24) is 19.9 Å². The molecule has 2 fully saturated rings. The van der Waals surface area contributed by atoms with Crippen LogP contribution in [0.3, 0.4) is 0 Å². The molecular weight excluding hydrogens is 392 g/mol. The number of nitrogens with zero attached hydrogens (tertiary/aromatic N) is 4. The minimum absolute atomic E-state index is 0.187. The second-order valence-corrected chi connectivity index (χ2v) is 8.58. The first-order valence-electron chi connectivity index (χ1n) is 11.0. The molecule has 4 heterocycles. The lowest BCUT2D eigenvalue weighted by Gasteiger charge is -2.32. The van der Waals surface area contributed by atoms with Crippen LogP contribution < -0.4 is 0 Å². The monoisotopic (exact) mass is 418 g/mol. The number of imide groups is 1. The van der Waals surface area contributed by atoms with Crippen molar-refractivity contribution in [3.05, 3.63) is 65.0 Å². The topological polar surface area (TPSA) is 73.8 Å². The van der Waals surface area contributed by atoms with E-state index in [1.165, 1.54) is 10.6 Å². The van der Waals surface area contributed by atoms with E-state index in [0.29, 0.717) is 36.4 Å². The van der Waals surface area contributed by atoms with Crippen LogP contribution in [0.1, 0.15) is 65.3 Å². The maximum atomic E-state index is 12.8. The number of benzene rings is 1. The molecule has 7 nitrogen and oxygen atoms in total. The minimum Gasteiger partial charge on any atom is -0.299 e. The van der Waals surface area contributed by atoms with E-state index < -0.39 is 0 Å². The fourth-order valence-corrected chi connectivity index (χ4v) is 4.81. The number of rotatable bonds is 4. The van der Waals surface area contributed by atoms with Gasteiger partial charge in [-0.2, -0.15) is 5.01 Å². The SMILES string of the molecule is O=C1c2ccc(C3CCN(Cc4ccccc4)CC3)nc2CN1N1C(=O)CCCC1=O. The lowest BCUT2D eigenvalue weighted by molar-refractivity contribution is -0.163. The molecule has 0 saturated carbocycles. The Morgan fingerprint density at radius 1 is 0.903 bits per heavy atom. The highest BCUT2D eigenvalue weighted by atomic mass is 16.2. The van der Waals surface area contributed by atoms with Crippen molar-refractivity contribution < 1.29 is 14.4 Å². The lowest BCUT2D eigenvalue weighted by Crippen LogP contribution is -2.52. The molecule has 0 bridgehead atoms. The van der Waals surface area contributed by atoms with E-state index in [1.807, 2.05) is 18.2 Å². The normalized spacial score (nSPS) is 20.5. The number of amides is 3. The van der Waals surface area contributed by atoms with Gasteiger partial charge >= 0.3 is 0 Å². The Morgan fingerprint density at radius 3 is 2.32 bits per heavy atom. The third-order valence-electron chi connectivity index (χ3n) is 6.51. The van der Waals surface area contributed by atoms with Gasteiger partial charge in [0.2, 0.25) is 11.8 Å². The number of hydrazine groups is 1. The maximum Gasteiger partial charge on any atom is 0.275 e. The Bertz CT molecular complexity index is 999. The second kappa shape index (κ2) is 8.23. The molecule has 2 saturated heterocycles. The summed E-state index contributed by atoms with van der Waals surface area (Å²) in [4.78, 5) is 44.6. The summed E-state index contributed by atoms with van der Waals surface area (Å²) in [5.74, 6) is -0.554. The van der Waals surface area contributed by atoms with E-state index in [1.54, 1.807) is 0 Å². The van der Waals surface area contributed by atoms with Gasteiger partial charge in [-0.3, -0.25) is 24.3 Å². The van der Waals surface area contributed by atoms with E-state index in [9.17, 15) is 14.4 Å². The maximum absolute atomic E-state index is 12.8. The van der Waals surface area contributed by atoms with Crippen LogP contribution in [0.2, 0.25) is 0 Å². The van der Waals surface area contributed by atoms with Crippen molar-refractivity contribution in [3.8, 4) is 0 Å². The summed E-state index contributed by atoms with van der Waals surface area (Å²) in [6, 6.07) is 14.3. The molecule has 2 aromatic rings. The highest BCUT2D eigenvalue weighted by molar-refractivity contribution is 6.04. The Kier molecular flexibility index (Phi) is 5.28. The van der Waals surface area contributed by atoms with Gasteiger partial charge in [-0.25, -0.2) is 5.01 Å². The molecule has 0 aliphatic carbocycles. The van der Waals surface area contributed by atoms with Gasteiger partial charge in [0.05, 0.1) is 17.8 Å². The Labute approximate surface area is 181 Å². The molecule has 0 spiro atoms. The summed E-state index contributed by atoms with van der Waals surface area (Å²) < 4.78 is 0. The van der Waals surface area contributed by atoms with Gasteiger partial charge in [0.15, 0.2) is 0 Å². The molecule has 1 aromatic heterocycles. The van der Waals surface area contributed by atoms with Crippen molar-refractivity contribution in [1.29, 1.82) is 0 Å². The van der Waals surface area contributed by atoms with E-state index >= 15 is 0 Å². The largest absolute Gasteiger partial charge is 0.299 e. The third kappa shape index (κ3) is 3.85. The fourth-order valence-electron chi connectivity index (χ4n) is 4.81. The number of pyridine rings is 1. The molecule has 160 valence electrons. The molecule has 5 rings (SSSR count). The third-order valence-corrected chi connectivity index (χ3v) is 6.51. The average Bonchev–Trinajstić information content (AvgIpc) is 3.10. The van der Waals surface area contributed by atoms with Crippen LogP contribution in [0.15, 0.2) is 42.5 Å². The van der Waals surface area contributed by atoms with Crippen LogP contribution in [0, 0.1) is 0 Å². The first kappa shape index (κ1) is 19.9. The highest BCUT2D eigenvalue weighted by Gasteiger charge is 2.40. The summed E-state index contributed by atoms with van der Waals surface area (Å²) >= 11 is 0. The van der Waals surface area contributed by atoms with Gasteiger partial charge in [-0.1, -0.05) is 30.3 Å². The molecule has 7 heteroatoms. The number of fused-ring (bicyclic) bond motifs is 1. The molecule has 3 aliphatic rings. The summed E-state index contributed by atoms with van der Waals surface area (Å²) in [6.07, 6.45) is 3.20. The van der Waals surface area contributed by atoms with E-state index in [-0.39, 0.29) is 24.3 Å². The van der Waals surface area contributed by atoms with Gasteiger partial charge in [0.25, 0.3) is 5.91 Å². The predicted octanol–water partition coefficient (Wildman–Crippen LogP) is 2.87. The van der Waals surface area contributed by atoms with Crippen LogP contribution in [-0.4, -0.2) is 50.7 Å². The molecule has 3 amide bonds. The lowest BCUT2D eigenvalue weighted by atomic mass is 9.92. The number of piperidine rings is 2. The Morgan fingerprint density at radius 2 is 1.61 bits per heavy atom. The standard InChI is InChI=1S/C24H26N4O3/c29-22-7-4-8-23(30)28(22)27-16-21-19(24(27)31)9-10-20(25-21)18-11-13-26(14-12-18)15-17-5-2-1-3-6-17/h1-3,5-6,9-10,18H,4,7-8,11-16H2. The molecule has 31 heavy (non-hydrogen) atoms. The molecular formula is C24H26N4O3. The number of likely N-dealkylation sites (tertiary alicyclic amines) is 1. The molecule has 0 unspecified atom stereocenters. The van der Waals surface area contributed by atoms with E-state index in [4.69, 9.17) is 4.98 Å². The summed E-state index contributed by atoms with van der Waals surface area (Å²) in [7, 11) is 0. The molecule has 3 aliphatic heterocycles. The van der Waals surface area contributed by atoms with Crippen LogP contribution in [-0.2, 0) is 22.7 Å². The highest BCUT2D eigenvalue weighted by Crippen LogP contribution is 2.31.